The molecule has 0 heterocycles. The van der Waals surface area contributed by atoms with Gasteiger partial charge in [0.25, 0.3) is 0 Å². The molecule has 67 heavy (non-hydrogen) atoms. The minimum absolute atomic E-state index is 0.0991. The van der Waals surface area contributed by atoms with Gasteiger partial charge in [-0.15, -0.1) is 0 Å². The van der Waals surface area contributed by atoms with Crippen LogP contribution in [0.3, 0.4) is 0 Å². The van der Waals surface area contributed by atoms with E-state index < -0.39 is 75.7 Å². The third-order valence-corrected chi connectivity index (χ3v) is 14.1. The minimum atomic E-state index is -5.12. The van der Waals surface area contributed by atoms with Crippen LogP contribution in [0.2, 0.25) is 0 Å². The molecule has 0 aromatic rings. The summed E-state index contributed by atoms with van der Waals surface area (Å²) in [4.78, 5) is 35.9. The minimum Gasteiger partial charge on any atom is -0.462 e. The van der Waals surface area contributed by atoms with Gasteiger partial charge in [0.2, 0.25) is 0 Å². The number of ether oxygens (including phenoxy) is 2. The van der Waals surface area contributed by atoms with Crippen molar-refractivity contribution in [3.8, 4) is 0 Å². The van der Waals surface area contributed by atoms with Gasteiger partial charge >= 0.3 is 19.8 Å². The van der Waals surface area contributed by atoms with Crippen molar-refractivity contribution in [3.05, 3.63) is 12.2 Å². The zero-order valence-corrected chi connectivity index (χ0v) is 43.4. The summed E-state index contributed by atoms with van der Waals surface area (Å²) in [7, 11) is -5.12. The SMILES string of the molecule is CCCCCC/C=C/CCCCCCCCCCCC(=O)O[C@@H](COC(=O)CCCCCCCCCCCCCCCCCCCCCCC)COP(=O)(O)OC1C(O)C(O)C(O)[C@H](O)C1O. The first-order valence-electron chi connectivity index (χ1n) is 27.5. The number of esters is 2. The summed E-state index contributed by atoms with van der Waals surface area (Å²) < 4.78 is 33.7. The molecule has 13 nitrogen and oxygen atoms in total. The van der Waals surface area contributed by atoms with Crippen LogP contribution in [0.1, 0.15) is 258 Å². The number of aliphatic hydroxyl groups is 5. The summed E-state index contributed by atoms with van der Waals surface area (Å²) in [6.45, 7) is 3.34. The van der Waals surface area contributed by atoms with Crippen LogP contribution in [-0.2, 0) is 32.7 Å². The molecule has 0 aromatic heterocycles. The zero-order chi connectivity index (χ0) is 49.2. The number of carbonyl (C=O) groups is 2. The van der Waals surface area contributed by atoms with Crippen LogP contribution >= 0.6 is 7.82 Å². The van der Waals surface area contributed by atoms with Gasteiger partial charge in [-0.25, -0.2) is 4.57 Å². The third-order valence-electron chi connectivity index (χ3n) is 13.1. The molecule has 0 amide bonds. The molecule has 396 valence electrons. The molecule has 0 spiro atoms. The van der Waals surface area contributed by atoms with Crippen molar-refractivity contribution >= 4 is 19.8 Å². The fourth-order valence-electron chi connectivity index (χ4n) is 8.70. The Morgan fingerprint density at radius 3 is 1.15 bits per heavy atom. The van der Waals surface area contributed by atoms with Crippen molar-refractivity contribution in [1.29, 1.82) is 0 Å². The predicted octanol–water partition coefficient (Wildman–Crippen LogP) is 12.2. The molecule has 6 N–H and O–H groups in total. The van der Waals surface area contributed by atoms with Gasteiger partial charge in [-0.1, -0.05) is 219 Å². The molecule has 1 aliphatic rings. The largest absolute Gasteiger partial charge is 0.472 e. The highest BCUT2D eigenvalue weighted by Gasteiger charge is 2.51. The highest BCUT2D eigenvalue weighted by Crippen LogP contribution is 2.47. The van der Waals surface area contributed by atoms with E-state index in [0.29, 0.717) is 12.8 Å². The Balaban J connectivity index is 2.34. The van der Waals surface area contributed by atoms with Crippen molar-refractivity contribution in [3.63, 3.8) is 0 Å². The van der Waals surface area contributed by atoms with Gasteiger partial charge in [-0.3, -0.25) is 18.6 Å². The van der Waals surface area contributed by atoms with E-state index in [1.165, 1.54) is 167 Å². The van der Waals surface area contributed by atoms with E-state index in [2.05, 4.69) is 26.0 Å². The molecule has 1 fully saturated rings. The lowest BCUT2D eigenvalue weighted by atomic mass is 9.85. The van der Waals surface area contributed by atoms with Crippen molar-refractivity contribution < 1.29 is 63.1 Å². The third kappa shape index (κ3) is 35.4. The van der Waals surface area contributed by atoms with Crippen LogP contribution in [-0.4, -0.2) is 98.3 Å². The van der Waals surface area contributed by atoms with Crippen molar-refractivity contribution in [2.45, 2.75) is 301 Å². The second kappa shape index (κ2) is 43.4. The van der Waals surface area contributed by atoms with Gasteiger partial charge in [-0.05, 0) is 38.5 Å². The smallest absolute Gasteiger partial charge is 0.462 e. The molecule has 0 aliphatic heterocycles. The highest BCUT2D eigenvalue weighted by atomic mass is 31.2. The van der Waals surface area contributed by atoms with Crippen LogP contribution in [0.15, 0.2) is 12.2 Å². The van der Waals surface area contributed by atoms with Crippen LogP contribution in [0, 0.1) is 0 Å². The average Bonchev–Trinajstić information content (AvgIpc) is 3.31. The van der Waals surface area contributed by atoms with Gasteiger partial charge in [0.15, 0.2) is 6.10 Å². The van der Waals surface area contributed by atoms with E-state index in [4.69, 9.17) is 18.5 Å². The Morgan fingerprint density at radius 2 is 0.761 bits per heavy atom. The number of rotatable bonds is 47. The quantitative estimate of drug-likeness (QED) is 0.0145. The maximum absolute atomic E-state index is 12.9. The number of unbranched alkanes of at least 4 members (excludes halogenated alkanes) is 33. The van der Waals surface area contributed by atoms with Gasteiger partial charge in [0.05, 0.1) is 6.61 Å². The van der Waals surface area contributed by atoms with Crippen molar-refractivity contribution in [1.82, 2.24) is 0 Å². The average molecular weight is 977 g/mol. The topological polar surface area (TPSA) is 210 Å². The maximum Gasteiger partial charge on any atom is 0.472 e. The Kier molecular flexibility index (Phi) is 41.2. The number of aliphatic hydroxyl groups excluding tert-OH is 5. The predicted molar refractivity (Wildman–Crippen MR) is 267 cm³/mol. The molecule has 1 saturated carbocycles. The van der Waals surface area contributed by atoms with Gasteiger partial charge in [0.1, 0.15) is 43.2 Å². The second-order valence-corrected chi connectivity index (χ2v) is 20.9. The highest BCUT2D eigenvalue weighted by molar-refractivity contribution is 7.47. The second-order valence-electron chi connectivity index (χ2n) is 19.4. The molecule has 14 heteroatoms. The van der Waals surface area contributed by atoms with Gasteiger partial charge in [-0.2, -0.15) is 0 Å². The molecule has 1 aliphatic carbocycles. The van der Waals surface area contributed by atoms with E-state index in [0.717, 1.165) is 51.4 Å². The standard InChI is InChI=1S/C53H101O13P/c1-3-5-7-9-11-13-15-17-19-21-22-23-24-26-27-29-31-33-35-37-39-41-46(54)63-43-45(44-64-67(61,62)66-53-51(59)49(57)48(56)50(58)52(53)60)65-47(55)42-40-38-36-34-32-30-28-25-20-18-16-14-12-10-8-6-4-2/h14,16,45,48-53,56-60H,3-13,15,17-44H2,1-2H3,(H,61,62)/b16-14+/t45-,48?,49-,50?,51?,52?,53?/m0/s1. The van der Waals surface area contributed by atoms with Crippen LogP contribution in [0.4, 0.5) is 0 Å². The number of phosphoric acid groups is 1. The zero-order valence-electron chi connectivity index (χ0n) is 42.5. The maximum atomic E-state index is 12.9. The van der Waals surface area contributed by atoms with Crippen molar-refractivity contribution in [2.24, 2.45) is 0 Å². The molecule has 0 radical (unpaired) electrons. The lowest BCUT2D eigenvalue weighted by Gasteiger charge is -2.41. The van der Waals surface area contributed by atoms with Crippen LogP contribution < -0.4 is 0 Å². The number of hydrogen-bond acceptors (Lipinski definition) is 12. The molecule has 0 bridgehead atoms. The molecule has 0 saturated heterocycles. The monoisotopic (exact) mass is 977 g/mol. The molecule has 0 aromatic carbocycles. The summed E-state index contributed by atoms with van der Waals surface area (Å²) in [6.07, 6.45) is 35.4. The summed E-state index contributed by atoms with van der Waals surface area (Å²) in [5.74, 6) is -1.08. The lowest BCUT2D eigenvalue weighted by molar-refractivity contribution is -0.220. The Morgan fingerprint density at radius 1 is 0.448 bits per heavy atom. The molecular weight excluding hydrogens is 876 g/mol. The van der Waals surface area contributed by atoms with Crippen LogP contribution in [0.25, 0.3) is 0 Å². The van der Waals surface area contributed by atoms with E-state index in [1.54, 1.807) is 0 Å². The normalized spacial score (nSPS) is 21.1. The summed E-state index contributed by atoms with van der Waals surface area (Å²) >= 11 is 0. The van der Waals surface area contributed by atoms with E-state index in [1.807, 2.05) is 0 Å². The molecule has 1 rings (SSSR count). The van der Waals surface area contributed by atoms with E-state index >= 15 is 0 Å². The molecule has 8 atom stereocenters. The first-order chi connectivity index (χ1) is 32.4. The summed E-state index contributed by atoms with van der Waals surface area (Å²) in [6, 6.07) is 0. The number of carbonyl (C=O) groups excluding carboxylic acids is 2. The number of phosphoric ester groups is 1. The van der Waals surface area contributed by atoms with Crippen LogP contribution in [0.5, 0.6) is 0 Å². The van der Waals surface area contributed by atoms with Crippen molar-refractivity contribution in [2.75, 3.05) is 13.2 Å². The first-order valence-corrected chi connectivity index (χ1v) is 29.0. The summed E-state index contributed by atoms with van der Waals surface area (Å²) in [5.41, 5.74) is 0. The van der Waals surface area contributed by atoms with E-state index in [9.17, 15) is 44.6 Å². The fourth-order valence-corrected chi connectivity index (χ4v) is 9.67. The molecule has 6 unspecified atom stereocenters. The lowest BCUT2D eigenvalue weighted by Crippen LogP contribution is -2.64. The molecular formula is C53H101O13P. The summed E-state index contributed by atoms with van der Waals surface area (Å²) in [5, 5.41) is 50.3. The number of hydrogen-bond donors (Lipinski definition) is 6. The Labute approximate surface area is 407 Å². The first kappa shape index (κ1) is 63.6. The van der Waals surface area contributed by atoms with Gasteiger partial charge in [0, 0.05) is 12.8 Å². The Hall–Kier alpha value is -1.41. The van der Waals surface area contributed by atoms with Gasteiger partial charge < -0.3 is 39.9 Å². The Bertz CT molecular complexity index is 1220. The van der Waals surface area contributed by atoms with E-state index in [-0.39, 0.29) is 12.8 Å². The number of allylic oxidation sites excluding steroid dienone is 2. The fraction of sp³-hybridized carbons (Fsp3) is 0.925.